The monoisotopic (exact) mass is 278 g/mol. The molecule has 1 heterocycles. The topological polar surface area (TPSA) is 70.1 Å². The van der Waals surface area contributed by atoms with Gasteiger partial charge in [0.05, 0.1) is 12.1 Å². The standard InChI is InChI=1S/C15H26N4O/c1-4-16-12-9-13(18-14(17-12)11(2)3)19-15(10-20)7-5-6-8-15/h9,11,20H,4-8,10H2,1-3H3,(H2,16,17,18,19). The van der Waals surface area contributed by atoms with Gasteiger partial charge >= 0.3 is 0 Å². The van der Waals surface area contributed by atoms with Gasteiger partial charge in [-0.05, 0) is 19.8 Å². The Hall–Kier alpha value is -1.36. The number of aliphatic hydroxyl groups is 1. The van der Waals surface area contributed by atoms with E-state index in [9.17, 15) is 5.11 Å². The molecule has 5 heteroatoms. The summed E-state index contributed by atoms with van der Waals surface area (Å²) in [5.41, 5.74) is -0.202. The van der Waals surface area contributed by atoms with E-state index in [0.29, 0.717) is 0 Å². The van der Waals surface area contributed by atoms with Crippen LogP contribution in [0.3, 0.4) is 0 Å². The Kier molecular flexibility index (Phi) is 4.81. The molecule has 1 aliphatic rings. The lowest BCUT2D eigenvalue weighted by Gasteiger charge is -2.29. The van der Waals surface area contributed by atoms with E-state index in [1.165, 1.54) is 0 Å². The van der Waals surface area contributed by atoms with Gasteiger partial charge in [-0.1, -0.05) is 26.7 Å². The molecule has 0 spiro atoms. The van der Waals surface area contributed by atoms with E-state index in [1.54, 1.807) is 0 Å². The van der Waals surface area contributed by atoms with Crippen molar-refractivity contribution >= 4 is 11.6 Å². The molecule has 0 atom stereocenters. The Morgan fingerprint density at radius 1 is 1.25 bits per heavy atom. The van der Waals surface area contributed by atoms with Crippen molar-refractivity contribution in [2.45, 2.75) is 57.9 Å². The van der Waals surface area contributed by atoms with Gasteiger partial charge in [-0.3, -0.25) is 0 Å². The average molecular weight is 278 g/mol. The maximum atomic E-state index is 9.71. The maximum Gasteiger partial charge on any atom is 0.135 e. The van der Waals surface area contributed by atoms with Gasteiger partial charge in [-0.2, -0.15) is 0 Å². The zero-order chi connectivity index (χ0) is 14.6. The number of hydrogen-bond acceptors (Lipinski definition) is 5. The molecule has 0 bridgehead atoms. The van der Waals surface area contributed by atoms with E-state index in [2.05, 4.69) is 41.4 Å². The van der Waals surface area contributed by atoms with Gasteiger partial charge in [0.2, 0.25) is 0 Å². The lowest BCUT2D eigenvalue weighted by molar-refractivity contribution is 0.214. The number of nitrogens with zero attached hydrogens (tertiary/aromatic N) is 2. The van der Waals surface area contributed by atoms with Crippen molar-refractivity contribution in [3.8, 4) is 0 Å². The van der Waals surface area contributed by atoms with Crippen LogP contribution in [0.2, 0.25) is 0 Å². The molecule has 1 aliphatic carbocycles. The van der Waals surface area contributed by atoms with E-state index < -0.39 is 0 Å². The molecule has 2 rings (SSSR count). The predicted molar refractivity (Wildman–Crippen MR) is 82.2 cm³/mol. The fourth-order valence-corrected chi connectivity index (χ4v) is 2.71. The van der Waals surface area contributed by atoms with E-state index in [4.69, 9.17) is 0 Å². The van der Waals surface area contributed by atoms with Crippen molar-refractivity contribution in [1.82, 2.24) is 9.97 Å². The third-order valence-corrected chi connectivity index (χ3v) is 3.87. The Morgan fingerprint density at radius 3 is 2.45 bits per heavy atom. The van der Waals surface area contributed by atoms with E-state index in [-0.39, 0.29) is 18.1 Å². The van der Waals surface area contributed by atoms with E-state index in [1.807, 2.05) is 6.07 Å². The first kappa shape index (κ1) is 15.0. The van der Waals surface area contributed by atoms with Gasteiger partial charge in [-0.15, -0.1) is 0 Å². The third-order valence-electron chi connectivity index (χ3n) is 3.87. The van der Waals surface area contributed by atoms with E-state index in [0.717, 1.165) is 49.7 Å². The van der Waals surface area contributed by atoms with Crippen LogP contribution in [0.5, 0.6) is 0 Å². The minimum atomic E-state index is -0.202. The smallest absolute Gasteiger partial charge is 0.135 e. The highest BCUT2D eigenvalue weighted by atomic mass is 16.3. The molecule has 0 amide bonds. The number of rotatable bonds is 6. The van der Waals surface area contributed by atoms with Crippen LogP contribution in [0.4, 0.5) is 11.6 Å². The van der Waals surface area contributed by atoms with Crippen LogP contribution in [0.15, 0.2) is 6.07 Å². The minimum Gasteiger partial charge on any atom is -0.394 e. The fraction of sp³-hybridized carbons (Fsp3) is 0.733. The zero-order valence-corrected chi connectivity index (χ0v) is 12.7. The Balaban J connectivity index is 2.25. The molecule has 5 nitrogen and oxygen atoms in total. The van der Waals surface area contributed by atoms with Crippen LogP contribution < -0.4 is 10.6 Å². The number of nitrogens with one attached hydrogen (secondary N) is 2. The average Bonchev–Trinajstić information content (AvgIpc) is 2.88. The van der Waals surface area contributed by atoms with Crippen molar-refractivity contribution in [3.63, 3.8) is 0 Å². The van der Waals surface area contributed by atoms with E-state index >= 15 is 0 Å². The summed E-state index contributed by atoms with van der Waals surface area (Å²) in [6.45, 7) is 7.22. The first-order chi connectivity index (χ1) is 9.58. The summed E-state index contributed by atoms with van der Waals surface area (Å²) in [4.78, 5) is 9.12. The number of aliphatic hydroxyl groups excluding tert-OH is 1. The largest absolute Gasteiger partial charge is 0.394 e. The number of hydrogen-bond donors (Lipinski definition) is 3. The zero-order valence-electron chi connectivity index (χ0n) is 12.7. The van der Waals surface area contributed by atoms with Gasteiger partial charge in [0.1, 0.15) is 17.5 Å². The Labute approximate surface area is 121 Å². The Bertz CT molecular complexity index is 441. The molecular formula is C15H26N4O. The summed E-state index contributed by atoms with van der Waals surface area (Å²) in [5, 5.41) is 16.4. The SMILES string of the molecule is CCNc1cc(NC2(CO)CCCC2)nc(C(C)C)n1. The van der Waals surface area contributed by atoms with Crippen molar-refractivity contribution in [3.05, 3.63) is 11.9 Å². The van der Waals surface area contributed by atoms with Gasteiger partial charge in [-0.25, -0.2) is 9.97 Å². The van der Waals surface area contributed by atoms with Crippen molar-refractivity contribution in [1.29, 1.82) is 0 Å². The quantitative estimate of drug-likeness (QED) is 0.746. The second-order valence-corrected chi connectivity index (χ2v) is 5.95. The first-order valence-electron chi connectivity index (χ1n) is 7.60. The third kappa shape index (κ3) is 3.39. The van der Waals surface area contributed by atoms with Crippen molar-refractivity contribution in [2.24, 2.45) is 0 Å². The molecule has 0 aliphatic heterocycles. The lowest BCUT2D eigenvalue weighted by Crippen LogP contribution is -2.39. The molecule has 20 heavy (non-hydrogen) atoms. The Morgan fingerprint density at radius 2 is 1.90 bits per heavy atom. The molecule has 1 aromatic rings. The van der Waals surface area contributed by atoms with Crippen LogP contribution >= 0.6 is 0 Å². The van der Waals surface area contributed by atoms with Crippen LogP contribution in [0.1, 0.15) is 58.2 Å². The normalized spacial score (nSPS) is 17.4. The highest BCUT2D eigenvalue weighted by Gasteiger charge is 2.33. The minimum absolute atomic E-state index is 0.157. The molecule has 1 aromatic heterocycles. The number of anilines is 2. The first-order valence-corrected chi connectivity index (χ1v) is 7.60. The summed E-state index contributed by atoms with van der Waals surface area (Å²) < 4.78 is 0. The molecule has 0 radical (unpaired) electrons. The fourth-order valence-electron chi connectivity index (χ4n) is 2.71. The van der Waals surface area contributed by atoms with Gasteiger partial charge in [0.15, 0.2) is 0 Å². The van der Waals surface area contributed by atoms with Gasteiger partial charge in [0.25, 0.3) is 0 Å². The summed E-state index contributed by atoms with van der Waals surface area (Å²) >= 11 is 0. The molecule has 1 fully saturated rings. The van der Waals surface area contributed by atoms with Crippen LogP contribution in [0.25, 0.3) is 0 Å². The molecule has 0 saturated heterocycles. The van der Waals surface area contributed by atoms with Crippen LogP contribution in [0, 0.1) is 0 Å². The highest BCUT2D eigenvalue weighted by Crippen LogP contribution is 2.32. The van der Waals surface area contributed by atoms with Crippen molar-refractivity contribution < 1.29 is 5.11 Å². The second-order valence-electron chi connectivity index (χ2n) is 5.95. The summed E-state index contributed by atoms with van der Waals surface area (Å²) in [5.74, 6) is 2.77. The second kappa shape index (κ2) is 6.39. The number of aromatic nitrogens is 2. The van der Waals surface area contributed by atoms with Crippen molar-refractivity contribution in [2.75, 3.05) is 23.8 Å². The maximum absolute atomic E-state index is 9.71. The molecule has 0 unspecified atom stereocenters. The predicted octanol–water partition coefficient (Wildman–Crippen LogP) is 2.75. The molecule has 1 saturated carbocycles. The summed E-state index contributed by atoms with van der Waals surface area (Å²) in [6, 6.07) is 1.94. The van der Waals surface area contributed by atoms with Gasteiger partial charge in [0, 0.05) is 18.5 Å². The van der Waals surface area contributed by atoms with Crippen LogP contribution in [-0.2, 0) is 0 Å². The summed E-state index contributed by atoms with van der Waals surface area (Å²) in [6.07, 6.45) is 4.33. The molecular weight excluding hydrogens is 252 g/mol. The highest BCUT2D eigenvalue weighted by molar-refractivity contribution is 5.49. The molecule has 3 N–H and O–H groups in total. The molecule has 112 valence electrons. The lowest BCUT2D eigenvalue weighted by atomic mass is 9.99. The molecule has 0 aromatic carbocycles. The van der Waals surface area contributed by atoms with Gasteiger partial charge < -0.3 is 15.7 Å². The van der Waals surface area contributed by atoms with Crippen LogP contribution in [-0.4, -0.2) is 33.8 Å². The summed E-state index contributed by atoms with van der Waals surface area (Å²) in [7, 11) is 0.